The van der Waals surface area contributed by atoms with Gasteiger partial charge in [-0.25, -0.2) is 0 Å². The molecule has 3 N–H and O–H groups in total. The molecule has 0 aliphatic heterocycles. The summed E-state index contributed by atoms with van der Waals surface area (Å²) in [5.74, 6) is -0.483. The molecule has 0 saturated carbocycles. The van der Waals surface area contributed by atoms with Crippen molar-refractivity contribution in [3.05, 3.63) is 35.9 Å². The van der Waals surface area contributed by atoms with Crippen LogP contribution in [0.15, 0.2) is 30.3 Å². The van der Waals surface area contributed by atoms with E-state index in [1.165, 1.54) is 4.90 Å². The molecule has 0 heterocycles. The molecule has 2 amide bonds. The maximum absolute atomic E-state index is 12.2. The molecule has 0 radical (unpaired) electrons. The summed E-state index contributed by atoms with van der Waals surface area (Å²) in [7, 11) is 3.26. The Morgan fingerprint density at radius 2 is 1.90 bits per heavy atom. The largest absolute Gasteiger partial charge is 0.359 e. The number of likely N-dealkylation sites (N-methyl/N-ethyl adjacent to an activating group) is 1. The summed E-state index contributed by atoms with van der Waals surface area (Å²) in [6.07, 6.45) is 0.498. The molecule has 5 heteroatoms. The summed E-state index contributed by atoms with van der Waals surface area (Å²) < 4.78 is 0. The third-order valence-electron chi connectivity index (χ3n) is 3.23. The number of hydrogen-bond acceptors (Lipinski definition) is 3. The second-order valence-corrected chi connectivity index (χ2v) is 5.03. The summed E-state index contributed by atoms with van der Waals surface area (Å²) in [5, 5.41) is 2.57. The fourth-order valence-corrected chi connectivity index (χ4v) is 2.07. The van der Waals surface area contributed by atoms with E-state index in [2.05, 4.69) is 5.32 Å². The number of nitrogens with zero attached hydrogens (tertiary/aromatic N) is 1. The maximum atomic E-state index is 12.2. The van der Waals surface area contributed by atoms with Crippen molar-refractivity contribution in [3.63, 3.8) is 0 Å². The molecule has 0 aliphatic rings. The Morgan fingerprint density at radius 1 is 1.30 bits per heavy atom. The molecular formula is C15H23N3O2. The molecule has 1 aromatic rings. The van der Waals surface area contributed by atoms with Crippen molar-refractivity contribution in [1.82, 2.24) is 10.2 Å². The van der Waals surface area contributed by atoms with E-state index < -0.39 is 6.04 Å². The summed E-state index contributed by atoms with van der Waals surface area (Å²) >= 11 is 0. The van der Waals surface area contributed by atoms with E-state index in [-0.39, 0.29) is 17.7 Å². The Morgan fingerprint density at radius 3 is 2.45 bits per heavy atom. The van der Waals surface area contributed by atoms with Crippen LogP contribution in [0.2, 0.25) is 0 Å². The van der Waals surface area contributed by atoms with Crippen LogP contribution in [0.1, 0.15) is 12.5 Å². The Bertz CT molecular complexity index is 448. The van der Waals surface area contributed by atoms with Gasteiger partial charge in [0.1, 0.15) is 0 Å². The summed E-state index contributed by atoms with van der Waals surface area (Å²) in [5.41, 5.74) is 6.97. The standard InChI is InChI=1S/C15H23N3O2/c1-11(14(19)17-2)10-18(3)15(20)13(16)9-12-7-5-4-6-8-12/h4-8,11,13H,9-10,16H2,1-3H3,(H,17,19)/t11?,13-/m1/s1. The fourth-order valence-electron chi connectivity index (χ4n) is 2.07. The van der Waals surface area contributed by atoms with Crippen molar-refractivity contribution >= 4 is 11.8 Å². The van der Waals surface area contributed by atoms with Gasteiger partial charge in [0.2, 0.25) is 11.8 Å². The van der Waals surface area contributed by atoms with E-state index in [1.54, 1.807) is 21.0 Å². The van der Waals surface area contributed by atoms with Crippen LogP contribution in [-0.2, 0) is 16.0 Å². The predicted octanol–water partition coefficient (Wildman–Crippen LogP) is 0.397. The first-order valence-electron chi connectivity index (χ1n) is 6.71. The number of amides is 2. The average molecular weight is 277 g/mol. The molecule has 0 aromatic heterocycles. The number of rotatable bonds is 6. The molecular weight excluding hydrogens is 254 g/mol. The predicted molar refractivity (Wildman–Crippen MR) is 79.0 cm³/mol. The number of benzene rings is 1. The minimum atomic E-state index is -0.584. The minimum absolute atomic E-state index is 0.0821. The molecule has 0 spiro atoms. The molecule has 0 bridgehead atoms. The summed E-state index contributed by atoms with van der Waals surface area (Å²) in [6, 6.07) is 9.07. The Labute approximate surface area is 120 Å². The SMILES string of the molecule is CNC(=O)C(C)CN(C)C(=O)[C@H](N)Cc1ccccc1. The fraction of sp³-hybridized carbons (Fsp3) is 0.467. The number of hydrogen-bond donors (Lipinski definition) is 2. The van der Waals surface area contributed by atoms with Crippen molar-refractivity contribution in [2.45, 2.75) is 19.4 Å². The second-order valence-electron chi connectivity index (χ2n) is 5.03. The lowest BCUT2D eigenvalue weighted by Gasteiger charge is -2.24. The quantitative estimate of drug-likeness (QED) is 0.790. The van der Waals surface area contributed by atoms with Gasteiger partial charge in [-0.1, -0.05) is 37.3 Å². The van der Waals surface area contributed by atoms with Crippen LogP contribution in [0.3, 0.4) is 0 Å². The van der Waals surface area contributed by atoms with Crippen LogP contribution >= 0.6 is 0 Å². The number of carbonyl (C=O) groups excluding carboxylic acids is 2. The van der Waals surface area contributed by atoms with Gasteiger partial charge in [0.05, 0.1) is 12.0 Å². The topological polar surface area (TPSA) is 75.4 Å². The lowest BCUT2D eigenvalue weighted by molar-refractivity contribution is -0.133. The van der Waals surface area contributed by atoms with Gasteiger partial charge >= 0.3 is 0 Å². The number of nitrogens with two attached hydrogens (primary N) is 1. The Kier molecular flexibility index (Phi) is 6.18. The van der Waals surface area contributed by atoms with E-state index in [1.807, 2.05) is 30.3 Å². The molecule has 110 valence electrons. The molecule has 1 rings (SSSR count). The molecule has 0 fully saturated rings. The lowest BCUT2D eigenvalue weighted by Crippen LogP contribution is -2.46. The van der Waals surface area contributed by atoms with Crippen molar-refractivity contribution in [1.29, 1.82) is 0 Å². The van der Waals surface area contributed by atoms with E-state index in [9.17, 15) is 9.59 Å². The molecule has 0 aliphatic carbocycles. The third-order valence-corrected chi connectivity index (χ3v) is 3.23. The van der Waals surface area contributed by atoms with E-state index in [4.69, 9.17) is 5.73 Å². The number of nitrogens with one attached hydrogen (secondary N) is 1. The maximum Gasteiger partial charge on any atom is 0.239 e. The summed E-state index contributed by atoms with van der Waals surface area (Å²) in [4.78, 5) is 25.1. The molecule has 5 nitrogen and oxygen atoms in total. The van der Waals surface area contributed by atoms with Crippen LogP contribution in [0.25, 0.3) is 0 Å². The van der Waals surface area contributed by atoms with Gasteiger partial charge in [-0.2, -0.15) is 0 Å². The highest BCUT2D eigenvalue weighted by Gasteiger charge is 2.22. The van der Waals surface area contributed by atoms with Gasteiger partial charge in [0, 0.05) is 20.6 Å². The minimum Gasteiger partial charge on any atom is -0.359 e. The first-order chi connectivity index (χ1) is 9.45. The zero-order chi connectivity index (χ0) is 15.1. The van der Waals surface area contributed by atoms with E-state index >= 15 is 0 Å². The lowest BCUT2D eigenvalue weighted by atomic mass is 10.0. The summed E-state index contributed by atoms with van der Waals surface area (Å²) in [6.45, 7) is 2.15. The van der Waals surface area contributed by atoms with Crippen molar-refractivity contribution < 1.29 is 9.59 Å². The molecule has 1 unspecified atom stereocenters. The smallest absolute Gasteiger partial charge is 0.239 e. The van der Waals surface area contributed by atoms with E-state index in [0.29, 0.717) is 13.0 Å². The Hall–Kier alpha value is -1.88. The normalized spacial score (nSPS) is 13.4. The van der Waals surface area contributed by atoms with Crippen LogP contribution in [-0.4, -0.2) is 43.4 Å². The van der Waals surface area contributed by atoms with Gasteiger partial charge in [-0.05, 0) is 12.0 Å². The zero-order valence-electron chi connectivity index (χ0n) is 12.3. The molecule has 1 aromatic carbocycles. The second kappa shape index (κ2) is 7.65. The first-order valence-corrected chi connectivity index (χ1v) is 6.71. The highest BCUT2D eigenvalue weighted by Crippen LogP contribution is 2.05. The van der Waals surface area contributed by atoms with Crippen LogP contribution < -0.4 is 11.1 Å². The van der Waals surface area contributed by atoms with Crippen molar-refractivity contribution in [2.24, 2.45) is 11.7 Å². The highest BCUT2D eigenvalue weighted by atomic mass is 16.2. The number of carbonyl (C=O) groups is 2. The Balaban J connectivity index is 2.53. The van der Waals surface area contributed by atoms with Gasteiger partial charge in [-0.3, -0.25) is 9.59 Å². The van der Waals surface area contributed by atoms with Gasteiger partial charge in [-0.15, -0.1) is 0 Å². The van der Waals surface area contributed by atoms with E-state index in [0.717, 1.165) is 5.56 Å². The monoisotopic (exact) mass is 277 g/mol. The van der Waals surface area contributed by atoms with Crippen LogP contribution in [0.5, 0.6) is 0 Å². The van der Waals surface area contributed by atoms with Crippen molar-refractivity contribution in [3.8, 4) is 0 Å². The van der Waals surface area contributed by atoms with Crippen LogP contribution in [0.4, 0.5) is 0 Å². The molecule has 20 heavy (non-hydrogen) atoms. The third kappa shape index (κ3) is 4.66. The zero-order valence-corrected chi connectivity index (χ0v) is 12.3. The molecule has 0 saturated heterocycles. The van der Waals surface area contributed by atoms with Gasteiger partial charge in [0.25, 0.3) is 0 Å². The van der Waals surface area contributed by atoms with Gasteiger partial charge < -0.3 is 16.0 Å². The van der Waals surface area contributed by atoms with Crippen LogP contribution in [0, 0.1) is 5.92 Å². The van der Waals surface area contributed by atoms with Crippen molar-refractivity contribution in [2.75, 3.05) is 20.6 Å². The first kappa shape index (κ1) is 16.2. The molecule has 2 atom stereocenters. The van der Waals surface area contributed by atoms with Gasteiger partial charge in [0.15, 0.2) is 0 Å². The highest BCUT2D eigenvalue weighted by molar-refractivity contribution is 5.83. The average Bonchev–Trinajstić information content (AvgIpc) is 2.46.